The van der Waals surface area contributed by atoms with Gasteiger partial charge in [0.2, 0.25) is 15.9 Å². The monoisotopic (exact) mass is 585 g/mol. The van der Waals surface area contributed by atoms with E-state index in [9.17, 15) is 36.3 Å². The number of benzene rings is 2. The fraction of sp³-hybridized carbons (Fsp3) is 0.481. The Bertz CT molecular complexity index is 1320. The third-order valence-electron chi connectivity index (χ3n) is 6.75. The molecular formula is C27H34F3N3O6S. The molecule has 1 aliphatic rings. The van der Waals surface area contributed by atoms with E-state index in [1.54, 1.807) is 19.1 Å². The van der Waals surface area contributed by atoms with Gasteiger partial charge >= 0.3 is 6.18 Å². The number of likely N-dealkylation sites (N-methyl/N-ethyl adjacent to an activating group) is 1. The van der Waals surface area contributed by atoms with Crippen LogP contribution in [0.25, 0.3) is 0 Å². The number of amides is 2. The number of carbonyl (C=O) groups excluding carboxylic acids is 2. The van der Waals surface area contributed by atoms with Gasteiger partial charge in [0.25, 0.3) is 5.91 Å². The number of sulfonamides is 1. The predicted molar refractivity (Wildman–Crippen MR) is 143 cm³/mol. The fourth-order valence-electron chi connectivity index (χ4n) is 4.24. The van der Waals surface area contributed by atoms with Crippen LogP contribution in [-0.4, -0.2) is 79.6 Å². The second-order valence-corrected chi connectivity index (χ2v) is 12.1. The van der Waals surface area contributed by atoms with Crippen molar-refractivity contribution in [2.45, 2.75) is 56.8 Å². The molecule has 2 aromatic rings. The topological polar surface area (TPSA) is 116 Å². The van der Waals surface area contributed by atoms with Crippen molar-refractivity contribution in [1.82, 2.24) is 9.21 Å². The predicted octanol–water partition coefficient (Wildman–Crippen LogP) is 3.82. The Morgan fingerprint density at radius 1 is 1.23 bits per heavy atom. The summed E-state index contributed by atoms with van der Waals surface area (Å²) < 4.78 is 71.3. The van der Waals surface area contributed by atoms with Crippen molar-refractivity contribution in [2.75, 3.05) is 32.1 Å². The number of aliphatic hydroxyl groups excluding tert-OH is 1. The second-order valence-electron chi connectivity index (χ2n) is 10.1. The molecule has 220 valence electrons. The number of alkyl halides is 3. The minimum Gasteiger partial charge on any atom is -0.488 e. The number of halogens is 3. The molecule has 0 radical (unpaired) electrons. The van der Waals surface area contributed by atoms with Crippen LogP contribution >= 0.6 is 0 Å². The van der Waals surface area contributed by atoms with Crippen molar-refractivity contribution < 1.29 is 41.0 Å². The van der Waals surface area contributed by atoms with Crippen molar-refractivity contribution in [2.24, 2.45) is 5.92 Å². The number of ether oxygens (including phenoxy) is 1. The summed E-state index contributed by atoms with van der Waals surface area (Å²) in [5, 5.41) is 12.2. The van der Waals surface area contributed by atoms with Gasteiger partial charge in [-0.25, -0.2) is 8.42 Å². The van der Waals surface area contributed by atoms with Crippen LogP contribution in [0.3, 0.4) is 0 Å². The number of nitrogens with one attached hydrogen (secondary N) is 1. The van der Waals surface area contributed by atoms with Gasteiger partial charge in [-0.2, -0.15) is 17.5 Å². The van der Waals surface area contributed by atoms with Gasteiger partial charge in [0.05, 0.1) is 36.1 Å². The molecule has 3 rings (SSSR count). The van der Waals surface area contributed by atoms with E-state index in [0.717, 1.165) is 5.56 Å². The Morgan fingerprint density at radius 3 is 2.48 bits per heavy atom. The number of nitrogens with zero attached hydrogens (tertiary/aromatic N) is 2. The van der Waals surface area contributed by atoms with E-state index < -0.39 is 53.0 Å². The molecule has 0 aliphatic carbocycles. The van der Waals surface area contributed by atoms with E-state index in [0.29, 0.717) is 0 Å². The van der Waals surface area contributed by atoms with Gasteiger partial charge in [-0.1, -0.05) is 24.6 Å². The van der Waals surface area contributed by atoms with Crippen LogP contribution in [0.5, 0.6) is 5.75 Å². The van der Waals surface area contributed by atoms with E-state index >= 15 is 0 Å². The first-order valence-corrected chi connectivity index (χ1v) is 14.2. The average Bonchev–Trinajstić information content (AvgIpc) is 2.89. The summed E-state index contributed by atoms with van der Waals surface area (Å²) in [6.07, 6.45) is -7.26. The first kappa shape index (κ1) is 31.4. The highest BCUT2D eigenvalue weighted by Crippen LogP contribution is 2.31. The molecule has 9 nitrogen and oxygen atoms in total. The number of anilines is 1. The van der Waals surface area contributed by atoms with Crippen LogP contribution in [0.2, 0.25) is 0 Å². The van der Waals surface area contributed by atoms with Crippen molar-refractivity contribution >= 4 is 27.5 Å². The fourth-order valence-corrected chi connectivity index (χ4v) is 5.42. The van der Waals surface area contributed by atoms with Crippen molar-refractivity contribution in [3.8, 4) is 5.75 Å². The average molecular weight is 586 g/mol. The zero-order valence-electron chi connectivity index (χ0n) is 22.7. The molecule has 0 aromatic heterocycles. The van der Waals surface area contributed by atoms with Crippen LogP contribution in [0.15, 0.2) is 47.4 Å². The number of aryl methyl sites for hydroxylation is 1. The van der Waals surface area contributed by atoms with E-state index in [1.807, 2.05) is 13.8 Å². The molecule has 0 saturated carbocycles. The minimum atomic E-state index is -4.49. The maximum absolute atomic E-state index is 13.5. The first-order valence-electron chi connectivity index (χ1n) is 12.7. The molecule has 0 fully saturated rings. The van der Waals surface area contributed by atoms with Gasteiger partial charge in [0.15, 0.2) is 0 Å². The summed E-state index contributed by atoms with van der Waals surface area (Å²) in [4.78, 5) is 27.1. The van der Waals surface area contributed by atoms with E-state index in [4.69, 9.17) is 4.74 Å². The Labute approximate surface area is 232 Å². The molecule has 0 unspecified atom stereocenters. The van der Waals surface area contributed by atoms with Crippen LogP contribution in [0, 0.1) is 12.8 Å². The lowest BCUT2D eigenvalue weighted by Crippen LogP contribution is -2.50. The van der Waals surface area contributed by atoms with Crippen LogP contribution in [0.1, 0.15) is 42.6 Å². The normalized spacial score (nSPS) is 18.9. The number of fused-ring (bicyclic) bond motifs is 1. The molecule has 0 saturated heterocycles. The molecule has 0 bridgehead atoms. The highest BCUT2D eigenvalue weighted by molar-refractivity contribution is 7.89. The number of aliphatic hydroxyl groups is 1. The van der Waals surface area contributed by atoms with Gasteiger partial charge in [0.1, 0.15) is 11.9 Å². The van der Waals surface area contributed by atoms with Gasteiger partial charge in [-0.15, -0.1) is 0 Å². The molecule has 0 spiro atoms. The number of rotatable bonds is 9. The molecule has 2 N–H and O–H groups in total. The summed E-state index contributed by atoms with van der Waals surface area (Å²) >= 11 is 0. The van der Waals surface area contributed by atoms with E-state index in [1.165, 1.54) is 46.6 Å². The lowest BCUT2D eigenvalue weighted by atomic mass is 9.99. The highest BCUT2D eigenvalue weighted by atomic mass is 32.2. The van der Waals surface area contributed by atoms with Crippen LogP contribution in [-0.2, 0) is 14.8 Å². The van der Waals surface area contributed by atoms with E-state index in [2.05, 4.69) is 5.32 Å². The molecule has 3 atom stereocenters. The Hall–Kier alpha value is -3.16. The molecule has 13 heteroatoms. The standard InChI is InChI=1S/C27H34F3N3O6S/c1-17-5-8-21(9-6-17)40(37,38)32(4)15-24-18(2)14-33(19(3)16-34)26(36)22-13-20(7-10-23(22)39-24)31-25(35)11-12-27(28,29)30/h5-10,13,18-19,24,34H,11-12,14-16H2,1-4H3,(H,31,35)/t18-,19-,24-/m0/s1. The summed E-state index contributed by atoms with van der Waals surface area (Å²) in [6, 6.07) is 9.96. The third-order valence-corrected chi connectivity index (χ3v) is 8.59. The number of carbonyl (C=O) groups is 2. The summed E-state index contributed by atoms with van der Waals surface area (Å²) in [5.41, 5.74) is 1.03. The molecule has 2 aromatic carbocycles. The molecule has 1 heterocycles. The van der Waals surface area contributed by atoms with Crippen molar-refractivity contribution in [3.63, 3.8) is 0 Å². The third kappa shape index (κ3) is 7.73. The zero-order chi connectivity index (χ0) is 29.8. The lowest BCUT2D eigenvalue weighted by Gasteiger charge is -2.38. The summed E-state index contributed by atoms with van der Waals surface area (Å²) in [7, 11) is -2.42. The summed E-state index contributed by atoms with van der Waals surface area (Å²) in [5.74, 6) is -1.62. The Morgan fingerprint density at radius 2 is 1.88 bits per heavy atom. The summed E-state index contributed by atoms with van der Waals surface area (Å²) in [6.45, 7) is 5.05. The smallest absolute Gasteiger partial charge is 0.389 e. The van der Waals surface area contributed by atoms with Crippen LogP contribution in [0.4, 0.5) is 18.9 Å². The van der Waals surface area contributed by atoms with Gasteiger partial charge in [-0.05, 0) is 44.2 Å². The molecule has 2 amide bonds. The first-order chi connectivity index (χ1) is 18.6. The van der Waals surface area contributed by atoms with Crippen molar-refractivity contribution in [3.05, 3.63) is 53.6 Å². The second kappa shape index (κ2) is 12.6. The zero-order valence-corrected chi connectivity index (χ0v) is 23.6. The Kier molecular flexibility index (Phi) is 9.85. The van der Waals surface area contributed by atoms with Crippen molar-refractivity contribution in [1.29, 1.82) is 0 Å². The molecular weight excluding hydrogens is 551 g/mol. The minimum absolute atomic E-state index is 0.0230. The van der Waals surface area contributed by atoms with Crippen LogP contribution < -0.4 is 10.1 Å². The van der Waals surface area contributed by atoms with Gasteiger partial charge < -0.3 is 20.1 Å². The number of hydrogen-bond donors (Lipinski definition) is 2. The molecule has 40 heavy (non-hydrogen) atoms. The maximum atomic E-state index is 13.5. The highest BCUT2D eigenvalue weighted by Gasteiger charge is 2.35. The largest absolute Gasteiger partial charge is 0.488 e. The lowest BCUT2D eigenvalue weighted by molar-refractivity contribution is -0.142. The van der Waals surface area contributed by atoms with Gasteiger partial charge in [-0.3, -0.25) is 9.59 Å². The Balaban J connectivity index is 1.91. The molecule has 1 aliphatic heterocycles. The van der Waals surface area contributed by atoms with E-state index in [-0.39, 0.29) is 47.5 Å². The van der Waals surface area contributed by atoms with Gasteiger partial charge in [0, 0.05) is 31.6 Å². The quantitative estimate of drug-likeness (QED) is 0.463. The SMILES string of the molecule is Cc1ccc(S(=O)(=O)N(C)C[C@@H]2Oc3ccc(NC(=O)CCC(F)(F)F)cc3C(=O)N([C@@H](C)CO)C[C@@H]2C)cc1. The number of hydrogen-bond acceptors (Lipinski definition) is 6. The maximum Gasteiger partial charge on any atom is 0.389 e.